The Morgan fingerprint density at radius 3 is 2.70 bits per heavy atom. The number of hydrogen-bond acceptors (Lipinski definition) is 6. The summed E-state index contributed by atoms with van der Waals surface area (Å²) in [7, 11) is 0. The highest BCUT2D eigenvalue weighted by Gasteiger charge is 2.27. The van der Waals surface area contributed by atoms with E-state index in [0.717, 1.165) is 11.6 Å². The lowest BCUT2D eigenvalue weighted by molar-refractivity contribution is -0.402. The standard InChI is InChI=1S/C18H13N3O6/c22-17(14-5-6-16(27-14)21(24)25)19-12-4-3-11-7-8-20(13(11)10-12)18(23)15-2-1-9-26-15/h1-6,9-10H,7-8H2,(H,19,22). The van der Waals surface area contributed by atoms with Gasteiger partial charge < -0.3 is 19.1 Å². The van der Waals surface area contributed by atoms with E-state index in [0.29, 0.717) is 24.3 Å². The molecule has 0 unspecified atom stereocenters. The second kappa shape index (κ2) is 6.45. The van der Waals surface area contributed by atoms with Crippen molar-refractivity contribution in [1.29, 1.82) is 0 Å². The molecule has 1 aliphatic rings. The largest absolute Gasteiger partial charge is 0.459 e. The molecular weight excluding hydrogens is 354 g/mol. The van der Waals surface area contributed by atoms with Gasteiger partial charge in [0, 0.05) is 17.9 Å². The van der Waals surface area contributed by atoms with Crippen LogP contribution in [0.4, 0.5) is 17.3 Å². The van der Waals surface area contributed by atoms with Gasteiger partial charge in [0.1, 0.15) is 4.92 Å². The molecule has 1 aliphatic heterocycles. The SMILES string of the molecule is O=C(Nc1ccc2c(c1)N(C(=O)c1ccco1)CC2)c1ccc([N+](=O)[O-])o1. The van der Waals surface area contributed by atoms with Gasteiger partial charge in [-0.3, -0.25) is 19.7 Å². The van der Waals surface area contributed by atoms with Crippen LogP contribution in [0.2, 0.25) is 0 Å². The topological polar surface area (TPSA) is 119 Å². The Bertz CT molecular complexity index is 1040. The molecule has 4 rings (SSSR count). The summed E-state index contributed by atoms with van der Waals surface area (Å²) in [5, 5.41) is 13.3. The zero-order chi connectivity index (χ0) is 19.0. The van der Waals surface area contributed by atoms with E-state index in [1.54, 1.807) is 29.2 Å². The van der Waals surface area contributed by atoms with Crippen LogP contribution in [0.15, 0.2) is 57.6 Å². The number of carbonyl (C=O) groups excluding carboxylic acids is 2. The minimum absolute atomic E-state index is 0.175. The first-order valence-corrected chi connectivity index (χ1v) is 8.07. The monoisotopic (exact) mass is 367 g/mol. The smallest absolute Gasteiger partial charge is 0.433 e. The first kappa shape index (κ1) is 16.6. The molecule has 9 heteroatoms. The van der Waals surface area contributed by atoms with E-state index in [1.807, 2.05) is 6.07 Å². The molecule has 1 N–H and O–H groups in total. The third kappa shape index (κ3) is 3.06. The number of benzene rings is 1. The predicted octanol–water partition coefficient (Wildman–Crippen LogP) is 3.24. The number of amides is 2. The molecule has 2 aromatic heterocycles. The van der Waals surface area contributed by atoms with E-state index in [9.17, 15) is 19.7 Å². The minimum Gasteiger partial charge on any atom is -0.459 e. The van der Waals surface area contributed by atoms with Gasteiger partial charge in [-0.25, -0.2) is 0 Å². The summed E-state index contributed by atoms with van der Waals surface area (Å²) in [5.74, 6) is -1.33. The minimum atomic E-state index is -0.718. The Balaban J connectivity index is 1.55. The molecule has 9 nitrogen and oxygen atoms in total. The van der Waals surface area contributed by atoms with Crippen molar-refractivity contribution in [3.63, 3.8) is 0 Å². The van der Waals surface area contributed by atoms with Crippen LogP contribution in [-0.4, -0.2) is 23.3 Å². The summed E-state index contributed by atoms with van der Waals surface area (Å²) >= 11 is 0. The van der Waals surface area contributed by atoms with Crippen molar-refractivity contribution in [3.8, 4) is 0 Å². The highest BCUT2D eigenvalue weighted by molar-refractivity contribution is 6.07. The molecule has 27 heavy (non-hydrogen) atoms. The van der Waals surface area contributed by atoms with Crippen molar-refractivity contribution in [2.45, 2.75) is 6.42 Å². The van der Waals surface area contributed by atoms with Gasteiger partial charge in [0.15, 0.2) is 11.5 Å². The van der Waals surface area contributed by atoms with Gasteiger partial charge in [-0.1, -0.05) is 6.07 Å². The number of hydrogen-bond donors (Lipinski definition) is 1. The maximum atomic E-state index is 12.6. The number of nitrogens with zero attached hydrogens (tertiary/aromatic N) is 2. The van der Waals surface area contributed by atoms with Crippen LogP contribution in [0, 0.1) is 10.1 Å². The molecule has 0 atom stereocenters. The fourth-order valence-corrected chi connectivity index (χ4v) is 2.94. The predicted molar refractivity (Wildman–Crippen MR) is 93.8 cm³/mol. The second-order valence-electron chi connectivity index (χ2n) is 5.88. The first-order chi connectivity index (χ1) is 13.0. The van der Waals surface area contributed by atoms with E-state index in [-0.39, 0.29) is 17.4 Å². The van der Waals surface area contributed by atoms with Crippen LogP contribution in [0.3, 0.4) is 0 Å². The van der Waals surface area contributed by atoms with Gasteiger partial charge >= 0.3 is 5.88 Å². The third-order valence-corrected chi connectivity index (χ3v) is 4.21. The van der Waals surface area contributed by atoms with E-state index >= 15 is 0 Å². The maximum absolute atomic E-state index is 12.6. The Labute approximate surface area is 152 Å². The molecular formula is C18H13N3O6. The van der Waals surface area contributed by atoms with Crippen molar-refractivity contribution < 1.29 is 23.3 Å². The molecule has 0 saturated carbocycles. The van der Waals surface area contributed by atoms with Crippen LogP contribution in [0.5, 0.6) is 0 Å². The number of anilines is 2. The zero-order valence-corrected chi connectivity index (χ0v) is 13.9. The Morgan fingerprint density at radius 1 is 1.15 bits per heavy atom. The zero-order valence-electron chi connectivity index (χ0n) is 13.9. The highest BCUT2D eigenvalue weighted by atomic mass is 16.6. The van der Waals surface area contributed by atoms with Crippen LogP contribution in [0.1, 0.15) is 26.7 Å². The molecule has 0 bridgehead atoms. The molecule has 2 amide bonds. The summed E-state index contributed by atoms with van der Waals surface area (Å²) in [6.07, 6.45) is 2.13. The molecule has 3 aromatic rings. The lowest BCUT2D eigenvalue weighted by Gasteiger charge is -2.16. The number of carbonyl (C=O) groups is 2. The quantitative estimate of drug-likeness (QED) is 0.558. The summed E-state index contributed by atoms with van der Waals surface area (Å²) in [5.41, 5.74) is 2.10. The normalized spacial score (nSPS) is 12.7. The fraction of sp³-hybridized carbons (Fsp3) is 0.111. The lowest BCUT2D eigenvalue weighted by atomic mass is 10.1. The fourth-order valence-electron chi connectivity index (χ4n) is 2.94. The maximum Gasteiger partial charge on any atom is 0.433 e. The number of nitrogens with one attached hydrogen (secondary N) is 1. The van der Waals surface area contributed by atoms with Crippen LogP contribution >= 0.6 is 0 Å². The molecule has 0 aliphatic carbocycles. The summed E-state index contributed by atoms with van der Waals surface area (Å²) < 4.78 is 10.1. The van der Waals surface area contributed by atoms with E-state index in [2.05, 4.69) is 5.32 Å². The molecule has 0 fully saturated rings. The van der Waals surface area contributed by atoms with Crippen molar-refractivity contribution in [3.05, 3.63) is 75.9 Å². The van der Waals surface area contributed by atoms with Crippen molar-refractivity contribution in [2.75, 3.05) is 16.8 Å². The average Bonchev–Trinajstić information content (AvgIpc) is 3.39. The van der Waals surface area contributed by atoms with Gasteiger partial charge in [-0.05, 0) is 42.3 Å². The van der Waals surface area contributed by atoms with Crippen molar-refractivity contribution >= 4 is 29.1 Å². The third-order valence-electron chi connectivity index (χ3n) is 4.21. The van der Waals surface area contributed by atoms with Gasteiger partial charge in [0.05, 0.1) is 12.3 Å². The molecule has 3 heterocycles. The molecule has 0 spiro atoms. The van der Waals surface area contributed by atoms with E-state index < -0.39 is 16.7 Å². The van der Waals surface area contributed by atoms with E-state index in [1.165, 1.54) is 12.3 Å². The molecule has 0 saturated heterocycles. The van der Waals surface area contributed by atoms with Crippen molar-refractivity contribution in [2.24, 2.45) is 0 Å². The van der Waals surface area contributed by atoms with Gasteiger partial charge in [-0.2, -0.15) is 0 Å². The Kier molecular flexibility index (Phi) is 3.96. The number of fused-ring (bicyclic) bond motifs is 1. The van der Waals surface area contributed by atoms with Gasteiger partial charge in [0.2, 0.25) is 0 Å². The summed E-state index contributed by atoms with van der Waals surface area (Å²) in [6, 6.07) is 10.8. The average molecular weight is 367 g/mol. The first-order valence-electron chi connectivity index (χ1n) is 8.07. The number of furan rings is 2. The highest BCUT2D eigenvalue weighted by Crippen LogP contribution is 2.32. The lowest BCUT2D eigenvalue weighted by Crippen LogP contribution is -2.28. The second-order valence-corrected chi connectivity index (χ2v) is 5.88. The summed E-state index contributed by atoms with van der Waals surface area (Å²) in [4.78, 5) is 36.3. The van der Waals surface area contributed by atoms with Crippen LogP contribution < -0.4 is 10.2 Å². The molecule has 136 valence electrons. The number of nitro groups is 1. The molecule has 0 radical (unpaired) electrons. The Hall–Kier alpha value is -3.88. The van der Waals surface area contributed by atoms with E-state index in [4.69, 9.17) is 8.83 Å². The van der Waals surface area contributed by atoms with Crippen molar-refractivity contribution in [1.82, 2.24) is 0 Å². The molecule has 1 aromatic carbocycles. The Morgan fingerprint density at radius 2 is 2.00 bits per heavy atom. The number of rotatable bonds is 4. The van der Waals surface area contributed by atoms with Gasteiger partial charge in [-0.15, -0.1) is 0 Å². The van der Waals surface area contributed by atoms with Crippen LogP contribution in [0.25, 0.3) is 0 Å². The van der Waals surface area contributed by atoms with Gasteiger partial charge in [0.25, 0.3) is 11.8 Å². The van der Waals surface area contributed by atoms with Crippen LogP contribution in [-0.2, 0) is 6.42 Å². The summed E-state index contributed by atoms with van der Waals surface area (Å²) in [6.45, 7) is 0.511.